The van der Waals surface area contributed by atoms with Crippen molar-refractivity contribution in [3.05, 3.63) is 24.3 Å². The van der Waals surface area contributed by atoms with Crippen LogP contribution in [0, 0.1) is 0 Å². The van der Waals surface area contributed by atoms with E-state index in [0.29, 0.717) is 52.1 Å². The van der Waals surface area contributed by atoms with Gasteiger partial charge < -0.3 is 34.5 Å². The Balaban J connectivity index is 2.34. The highest BCUT2D eigenvalue weighted by Gasteiger charge is 2.25. The van der Waals surface area contributed by atoms with Gasteiger partial charge in [0.05, 0.1) is 26.2 Å². The average Bonchev–Trinajstić information content (AvgIpc) is 3.26. The number of esters is 2. The number of unbranched alkanes of at least 4 members (excludes halogenated alkanes) is 18. The van der Waals surface area contributed by atoms with Gasteiger partial charge in [0.1, 0.15) is 6.04 Å². The monoisotopic (exact) mass is 876 g/mol. The van der Waals surface area contributed by atoms with Gasteiger partial charge in [-0.15, -0.1) is 0 Å². The van der Waals surface area contributed by atoms with Gasteiger partial charge in [0, 0.05) is 26.1 Å². The van der Waals surface area contributed by atoms with Crippen LogP contribution in [0.5, 0.6) is 0 Å². The maximum atomic E-state index is 12.6. The van der Waals surface area contributed by atoms with Crippen LogP contribution >= 0.6 is 0 Å². The Morgan fingerprint density at radius 2 is 1.06 bits per heavy atom. The lowest BCUT2D eigenvalue weighted by Gasteiger charge is -2.25. The highest BCUT2D eigenvalue weighted by Crippen LogP contribution is 2.14. The molecule has 2 N–H and O–H groups in total. The van der Waals surface area contributed by atoms with Gasteiger partial charge in [0.15, 0.2) is 6.29 Å². The highest BCUT2D eigenvalue weighted by molar-refractivity contribution is 5.94. The summed E-state index contributed by atoms with van der Waals surface area (Å²) >= 11 is 0. The van der Waals surface area contributed by atoms with Crippen molar-refractivity contribution in [2.24, 2.45) is 0 Å². The van der Waals surface area contributed by atoms with Crippen molar-refractivity contribution in [1.29, 1.82) is 0 Å². The first-order valence-electron chi connectivity index (χ1n) is 25.5. The lowest BCUT2D eigenvalue weighted by atomic mass is 10.1. The third-order valence-electron chi connectivity index (χ3n) is 11.3. The van der Waals surface area contributed by atoms with E-state index in [1.165, 1.54) is 32.1 Å². The molecule has 0 aromatic heterocycles. The Morgan fingerprint density at radius 3 is 1.63 bits per heavy atom. The second-order valence-electron chi connectivity index (χ2n) is 17.1. The molecule has 0 aromatic rings. The number of ether oxygens (including phenoxy) is 4. The molecule has 1 fully saturated rings. The normalized spacial score (nSPS) is 14.4. The molecule has 1 aliphatic rings. The van der Waals surface area contributed by atoms with Crippen molar-refractivity contribution < 1.29 is 38.1 Å². The van der Waals surface area contributed by atoms with Crippen LogP contribution in [0.25, 0.3) is 0 Å². The number of allylic oxidation sites excluding steroid dienone is 4. The number of amides is 2. The van der Waals surface area contributed by atoms with Crippen LogP contribution in [0.3, 0.4) is 0 Å². The van der Waals surface area contributed by atoms with Gasteiger partial charge in [0.25, 0.3) is 0 Å². The molecule has 0 radical (unpaired) electrons. The molecule has 0 saturated carbocycles. The minimum absolute atomic E-state index is 0.0560. The molecule has 1 saturated heterocycles. The number of rotatable bonds is 45. The summed E-state index contributed by atoms with van der Waals surface area (Å²) in [5.41, 5.74) is 0. The average molecular weight is 876 g/mol. The molecule has 1 aliphatic heterocycles. The van der Waals surface area contributed by atoms with Crippen LogP contribution in [0.15, 0.2) is 24.3 Å². The predicted octanol–water partition coefficient (Wildman–Crippen LogP) is 11.2. The zero-order valence-corrected chi connectivity index (χ0v) is 40.0. The number of carbonyl (C=O) groups excluding carboxylic acids is 4. The van der Waals surface area contributed by atoms with Crippen LogP contribution in [0.2, 0.25) is 0 Å². The minimum atomic E-state index is -0.430. The molecule has 0 unspecified atom stereocenters. The van der Waals surface area contributed by atoms with Gasteiger partial charge in [-0.3, -0.25) is 19.2 Å². The number of hydrogen-bond acceptors (Lipinski definition) is 9. The lowest BCUT2D eigenvalue weighted by Crippen LogP contribution is -2.56. The first-order valence-corrected chi connectivity index (χ1v) is 25.5. The van der Waals surface area contributed by atoms with Gasteiger partial charge >= 0.3 is 11.9 Å². The molecule has 2 amide bonds. The molecule has 0 aromatic carbocycles. The molecule has 0 bridgehead atoms. The molecule has 0 aliphatic carbocycles. The summed E-state index contributed by atoms with van der Waals surface area (Å²) in [6, 6.07) is -0.430. The molecule has 1 atom stereocenters. The van der Waals surface area contributed by atoms with Crippen molar-refractivity contribution in [3.8, 4) is 0 Å². The quantitative estimate of drug-likeness (QED) is 0.0265. The van der Waals surface area contributed by atoms with Gasteiger partial charge in [-0.25, -0.2) is 0 Å². The molecule has 1 rings (SSSR count). The van der Waals surface area contributed by atoms with E-state index < -0.39 is 6.04 Å². The maximum Gasteiger partial charge on any atom is 0.305 e. The largest absolute Gasteiger partial charge is 0.466 e. The first-order chi connectivity index (χ1) is 30.4. The predicted molar refractivity (Wildman–Crippen MR) is 253 cm³/mol. The Labute approximate surface area is 379 Å². The van der Waals surface area contributed by atoms with Gasteiger partial charge in [-0.05, 0) is 122 Å². The Kier molecular flexibility index (Phi) is 40.2. The summed E-state index contributed by atoms with van der Waals surface area (Å²) in [7, 11) is 0. The van der Waals surface area contributed by atoms with Crippen LogP contribution in [-0.2, 0) is 38.1 Å². The van der Waals surface area contributed by atoms with Gasteiger partial charge in [0.2, 0.25) is 11.8 Å². The van der Waals surface area contributed by atoms with E-state index in [9.17, 15) is 19.2 Å². The van der Waals surface area contributed by atoms with E-state index in [4.69, 9.17) is 18.9 Å². The highest BCUT2D eigenvalue weighted by atomic mass is 16.7. The van der Waals surface area contributed by atoms with E-state index in [2.05, 4.69) is 60.6 Å². The van der Waals surface area contributed by atoms with E-state index in [1.807, 2.05) is 0 Å². The van der Waals surface area contributed by atoms with Crippen molar-refractivity contribution >= 4 is 23.8 Å². The summed E-state index contributed by atoms with van der Waals surface area (Å²) in [5, 5.41) is 5.49. The molecule has 0 spiro atoms. The second-order valence-corrected chi connectivity index (χ2v) is 17.1. The Morgan fingerprint density at radius 1 is 0.581 bits per heavy atom. The molecule has 62 heavy (non-hydrogen) atoms. The number of carbonyl (C=O) groups is 4. The van der Waals surface area contributed by atoms with Crippen LogP contribution in [0.4, 0.5) is 0 Å². The molecule has 11 heteroatoms. The van der Waals surface area contributed by atoms with Crippen molar-refractivity contribution in [2.45, 2.75) is 226 Å². The number of hydrogen-bond donors (Lipinski definition) is 2. The SMILES string of the molecule is CC/C=C\CCCCOC(CCC(=O)OCCCCCCN(CCCCCCCC(=O)OCCCCCCCCC)CCCC[C@@H]1NC(=O)CNC1=O)OCCCC/C=C\CC. The standard InChI is InChI=1S/C51H93N3O8/c1-4-7-10-13-16-23-30-41-59-48(56)35-25-18-17-19-27-38-54(40-29-26-34-46-51(58)52-45-47(55)53-46)39-28-20-24-31-42-60-49(57)36-37-50(61-43-32-21-14-11-8-5-2)62-44-33-22-15-12-9-6-3/h8-9,11-12,46,50H,4-7,10,13-45H2,1-3H3,(H,52,58)(H,53,55)/b11-8-,12-9-/t46-/m0/s1. The molecular weight excluding hydrogens is 783 g/mol. The molecule has 1 heterocycles. The third-order valence-corrected chi connectivity index (χ3v) is 11.3. The van der Waals surface area contributed by atoms with E-state index in [-0.39, 0.29) is 36.6 Å². The molecule has 11 nitrogen and oxygen atoms in total. The van der Waals surface area contributed by atoms with Crippen molar-refractivity contribution in [2.75, 3.05) is 52.6 Å². The van der Waals surface area contributed by atoms with E-state index in [1.54, 1.807) is 0 Å². The summed E-state index contributed by atoms with van der Waals surface area (Å²) in [6.45, 7) is 11.9. The van der Waals surface area contributed by atoms with Crippen LogP contribution in [-0.4, -0.2) is 93.6 Å². The third kappa shape index (κ3) is 36.7. The fraction of sp³-hybridized carbons (Fsp3) is 0.843. The summed E-state index contributed by atoms with van der Waals surface area (Å²) in [6.07, 6.45) is 38.5. The summed E-state index contributed by atoms with van der Waals surface area (Å²) < 4.78 is 23.2. The molecular formula is C51H93N3O8. The zero-order chi connectivity index (χ0) is 45.0. The molecule has 360 valence electrons. The zero-order valence-electron chi connectivity index (χ0n) is 40.0. The van der Waals surface area contributed by atoms with E-state index >= 15 is 0 Å². The fourth-order valence-corrected chi connectivity index (χ4v) is 7.50. The number of piperazine rings is 1. The summed E-state index contributed by atoms with van der Waals surface area (Å²) in [4.78, 5) is 51.2. The fourth-order valence-electron chi connectivity index (χ4n) is 7.50. The van der Waals surface area contributed by atoms with Gasteiger partial charge in [-0.2, -0.15) is 0 Å². The smallest absolute Gasteiger partial charge is 0.305 e. The van der Waals surface area contributed by atoms with Crippen molar-refractivity contribution in [3.63, 3.8) is 0 Å². The minimum Gasteiger partial charge on any atom is -0.466 e. The van der Waals surface area contributed by atoms with Crippen LogP contribution in [0.1, 0.15) is 213 Å². The lowest BCUT2D eigenvalue weighted by molar-refractivity contribution is -0.159. The summed E-state index contributed by atoms with van der Waals surface area (Å²) in [5.74, 6) is -0.454. The van der Waals surface area contributed by atoms with Gasteiger partial charge in [-0.1, -0.05) is 116 Å². The van der Waals surface area contributed by atoms with Crippen molar-refractivity contribution in [1.82, 2.24) is 15.5 Å². The van der Waals surface area contributed by atoms with E-state index in [0.717, 1.165) is 154 Å². The topological polar surface area (TPSA) is 132 Å². The first kappa shape index (κ1) is 57.3. The second kappa shape index (κ2) is 43.5. The number of nitrogens with zero attached hydrogens (tertiary/aromatic N) is 1. The maximum absolute atomic E-state index is 12.6. The Hall–Kier alpha value is -2.76. The Bertz CT molecular complexity index is 1120. The number of nitrogens with one attached hydrogen (secondary N) is 2. The van der Waals surface area contributed by atoms with Crippen LogP contribution < -0.4 is 10.6 Å².